The fourth-order valence-corrected chi connectivity index (χ4v) is 0.940. The molecule has 1 amide bonds. The fourth-order valence-electron chi connectivity index (χ4n) is 0.940. The number of anilines is 1. The Labute approximate surface area is 82.9 Å². The van der Waals surface area contributed by atoms with Crippen molar-refractivity contribution in [1.82, 2.24) is 15.5 Å². The van der Waals surface area contributed by atoms with E-state index in [-0.39, 0.29) is 18.5 Å². The highest BCUT2D eigenvalue weighted by Gasteiger charge is 2.02. The van der Waals surface area contributed by atoms with Crippen molar-refractivity contribution in [2.24, 2.45) is 0 Å². The van der Waals surface area contributed by atoms with Gasteiger partial charge in [-0.2, -0.15) is 5.10 Å². The third-order valence-corrected chi connectivity index (χ3v) is 1.45. The molecule has 0 spiro atoms. The Bertz CT molecular complexity index is 286. The van der Waals surface area contributed by atoms with Crippen LogP contribution in [0.5, 0.6) is 0 Å². The fraction of sp³-hybridized carbons (Fsp3) is 0.444. The van der Waals surface area contributed by atoms with Gasteiger partial charge in [-0.1, -0.05) is 0 Å². The summed E-state index contributed by atoms with van der Waals surface area (Å²) in [6, 6.07) is 3.68. The number of aromatic nitrogens is 2. The molecule has 1 heterocycles. The van der Waals surface area contributed by atoms with E-state index in [2.05, 4.69) is 20.8 Å². The van der Waals surface area contributed by atoms with Gasteiger partial charge < -0.3 is 10.6 Å². The van der Waals surface area contributed by atoms with Crippen molar-refractivity contribution in [3.05, 3.63) is 18.3 Å². The van der Waals surface area contributed by atoms with Crippen molar-refractivity contribution in [1.29, 1.82) is 0 Å². The first-order chi connectivity index (χ1) is 6.68. The van der Waals surface area contributed by atoms with Gasteiger partial charge in [-0.15, -0.1) is 5.10 Å². The summed E-state index contributed by atoms with van der Waals surface area (Å²) in [5.74, 6) is 0.553. The summed E-state index contributed by atoms with van der Waals surface area (Å²) < 4.78 is 0. The lowest BCUT2D eigenvalue weighted by molar-refractivity contribution is -0.119. The predicted octanol–water partition coefficient (Wildman–Crippen LogP) is 0.413. The standard InChI is InChI=1S/C9H14N4O/c1-7(2)12-9(14)6-10-8-4-3-5-11-13-8/h3-5,7H,6H2,1-2H3,(H,10,13)(H,12,14). The monoisotopic (exact) mass is 194 g/mol. The molecule has 0 aliphatic carbocycles. The van der Waals surface area contributed by atoms with Gasteiger partial charge in [0, 0.05) is 12.2 Å². The zero-order valence-electron chi connectivity index (χ0n) is 8.32. The molecular weight excluding hydrogens is 180 g/mol. The molecule has 76 valence electrons. The summed E-state index contributed by atoms with van der Waals surface area (Å²) in [6.07, 6.45) is 1.58. The molecule has 0 fully saturated rings. The van der Waals surface area contributed by atoms with Gasteiger partial charge in [-0.05, 0) is 26.0 Å². The smallest absolute Gasteiger partial charge is 0.239 e. The molecule has 5 heteroatoms. The van der Waals surface area contributed by atoms with Gasteiger partial charge in [-0.3, -0.25) is 4.79 Å². The highest BCUT2D eigenvalue weighted by atomic mass is 16.1. The molecule has 0 aliphatic rings. The quantitative estimate of drug-likeness (QED) is 0.728. The van der Waals surface area contributed by atoms with E-state index in [1.54, 1.807) is 18.3 Å². The average Bonchev–Trinajstić information content (AvgIpc) is 2.15. The third kappa shape index (κ3) is 3.84. The van der Waals surface area contributed by atoms with E-state index in [4.69, 9.17) is 0 Å². The number of hydrogen-bond acceptors (Lipinski definition) is 4. The molecule has 0 saturated heterocycles. The average molecular weight is 194 g/mol. The minimum Gasteiger partial charge on any atom is -0.360 e. The number of nitrogens with zero attached hydrogens (tertiary/aromatic N) is 2. The third-order valence-electron chi connectivity index (χ3n) is 1.45. The molecule has 0 unspecified atom stereocenters. The summed E-state index contributed by atoms with van der Waals surface area (Å²) >= 11 is 0. The minimum absolute atomic E-state index is 0.0503. The van der Waals surface area contributed by atoms with Crippen LogP contribution in [-0.4, -0.2) is 28.7 Å². The molecule has 0 aliphatic heterocycles. The van der Waals surface area contributed by atoms with Crippen molar-refractivity contribution in [2.75, 3.05) is 11.9 Å². The maximum Gasteiger partial charge on any atom is 0.239 e. The largest absolute Gasteiger partial charge is 0.360 e. The van der Waals surface area contributed by atoms with Gasteiger partial charge in [0.1, 0.15) is 5.82 Å². The summed E-state index contributed by atoms with van der Waals surface area (Å²) in [5, 5.41) is 13.1. The van der Waals surface area contributed by atoms with Crippen LogP contribution < -0.4 is 10.6 Å². The highest BCUT2D eigenvalue weighted by Crippen LogP contribution is 1.95. The SMILES string of the molecule is CC(C)NC(=O)CNc1cccnn1. The lowest BCUT2D eigenvalue weighted by atomic mass is 10.4. The Morgan fingerprint density at radius 3 is 2.93 bits per heavy atom. The minimum atomic E-state index is -0.0503. The van der Waals surface area contributed by atoms with Crippen molar-refractivity contribution in [3.63, 3.8) is 0 Å². The van der Waals surface area contributed by atoms with E-state index >= 15 is 0 Å². The first kappa shape index (κ1) is 10.4. The second-order valence-corrected chi connectivity index (χ2v) is 3.18. The highest BCUT2D eigenvalue weighted by molar-refractivity contribution is 5.80. The molecule has 1 aromatic heterocycles. The zero-order valence-corrected chi connectivity index (χ0v) is 8.32. The van der Waals surface area contributed by atoms with E-state index in [0.29, 0.717) is 5.82 Å². The molecule has 0 radical (unpaired) electrons. The maximum absolute atomic E-state index is 11.2. The number of nitrogens with one attached hydrogen (secondary N) is 2. The maximum atomic E-state index is 11.2. The lowest BCUT2D eigenvalue weighted by Crippen LogP contribution is -2.34. The van der Waals surface area contributed by atoms with Crippen LogP contribution in [0.2, 0.25) is 0 Å². The molecule has 5 nitrogen and oxygen atoms in total. The Morgan fingerprint density at radius 1 is 1.57 bits per heavy atom. The summed E-state index contributed by atoms with van der Waals surface area (Å²) in [4.78, 5) is 11.2. The van der Waals surface area contributed by atoms with Gasteiger partial charge >= 0.3 is 0 Å². The van der Waals surface area contributed by atoms with Crippen LogP contribution in [0.15, 0.2) is 18.3 Å². The van der Waals surface area contributed by atoms with E-state index in [1.807, 2.05) is 13.8 Å². The zero-order chi connectivity index (χ0) is 10.4. The lowest BCUT2D eigenvalue weighted by Gasteiger charge is -2.08. The van der Waals surface area contributed by atoms with Crippen LogP contribution in [0, 0.1) is 0 Å². The molecule has 2 N–H and O–H groups in total. The summed E-state index contributed by atoms with van der Waals surface area (Å²) in [7, 11) is 0. The number of hydrogen-bond donors (Lipinski definition) is 2. The van der Waals surface area contributed by atoms with Crippen LogP contribution in [-0.2, 0) is 4.79 Å². The first-order valence-electron chi connectivity index (χ1n) is 4.49. The van der Waals surface area contributed by atoms with Gasteiger partial charge in [0.2, 0.25) is 5.91 Å². The molecule has 14 heavy (non-hydrogen) atoms. The van der Waals surface area contributed by atoms with Gasteiger partial charge in [-0.25, -0.2) is 0 Å². The predicted molar refractivity (Wildman–Crippen MR) is 53.8 cm³/mol. The Balaban J connectivity index is 2.31. The summed E-state index contributed by atoms with van der Waals surface area (Å²) in [6.45, 7) is 4.05. The van der Waals surface area contributed by atoms with E-state index in [0.717, 1.165) is 0 Å². The molecule has 0 atom stereocenters. The second kappa shape index (κ2) is 5.16. The summed E-state index contributed by atoms with van der Waals surface area (Å²) in [5.41, 5.74) is 0. The number of amides is 1. The Morgan fingerprint density at radius 2 is 2.36 bits per heavy atom. The van der Waals surface area contributed by atoms with Gasteiger partial charge in [0.25, 0.3) is 0 Å². The van der Waals surface area contributed by atoms with Crippen molar-refractivity contribution < 1.29 is 4.79 Å². The van der Waals surface area contributed by atoms with Crippen molar-refractivity contribution in [2.45, 2.75) is 19.9 Å². The molecule has 1 aromatic rings. The Kier molecular flexibility index (Phi) is 3.84. The van der Waals surface area contributed by atoms with E-state index < -0.39 is 0 Å². The molecule has 0 aromatic carbocycles. The van der Waals surface area contributed by atoms with Crippen molar-refractivity contribution in [3.8, 4) is 0 Å². The van der Waals surface area contributed by atoms with E-state index in [1.165, 1.54) is 0 Å². The molecule has 1 rings (SSSR count). The molecule has 0 saturated carbocycles. The van der Waals surface area contributed by atoms with E-state index in [9.17, 15) is 4.79 Å². The second-order valence-electron chi connectivity index (χ2n) is 3.18. The topological polar surface area (TPSA) is 66.9 Å². The van der Waals surface area contributed by atoms with Gasteiger partial charge in [0.15, 0.2) is 0 Å². The van der Waals surface area contributed by atoms with Crippen LogP contribution in [0.25, 0.3) is 0 Å². The Hall–Kier alpha value is -1.65. The van der Waals surface area contributed by atoms with Gasteiger partial charge in [0.05, 0.1) is 6.54 Å². The first-order valence-corrected chi connectivity index (χ1v) is 4.49. The normalized spacial score (nSPS) is 9.93. The van der Waals surface area contributed by atoms with Crippen LogP contribution in [0.1, 0.15) is 13.8 Å². The van der Waals surface area contributed by atoms with Crippen LogP contribution in [0.3, 0.4) is 0 Å². The van der Waals surface area contributed by atoms with Crippen molar-refractivity contribution >= 4 is 11.7 Å². The number of carbonyl (C=O) groups excluding carboxylic acids is 1. The van der Waals surface area contributed by atoms with Crippen LogP contribution in [0.4, 0.5) is 5.82 Å². The number of rotatable bonds is 4. The van der Waals surface area contributed by atoms with Crippen LogP contribution >= 0.6 is 0 Å². The molecule has 0 bridgehead atoms. The molecular formula is C9H14N4O. The number of carbonyl (C=O) groups is 1.